The van der Waals surface area contributed by atoms with Crippen LogP contribution in [-0.4, -0.2) is 140 Å². The van der Waals surface area contributed by atoms with Crippen molar-refractivity contribution in [2.24, 2.45) is 243 Å². The molecule has 2 aliphatic heterocycles. The van der Waals surface area contributed by atoms with E-state index in [0.717, 1.165) is 160 Å². The van der Waals surface area contributed by atoms with Gasteiger partial charge in [0.25, 0.3) is 0 Å². The number of sulfonamides is 1. The second-order valence-electron chi connectivity index (χ2n) is 46.2. The number of hydrogen-bond donors (Lipinski definition) is 3. The van der Waals surface area contributed by atoms with Crippen LogP contribution in [0.4, 0.5) is 0 Å². The molecule has 24 nitrogen and oxygen atoms in total. The zero-order chi connectivity index (χ0) is 91.0. The lowest BCUT2D eigenvalue weighted by Gasteiger charge is -2.43. The summed E-state index contributed by atoms with van der Waals surface area (Å²) in [4.78, 5) is 122. The lowest BCUT2D eigenvalue weighted by atomic mass is 9.62. The molecule has 1 amide bonds. The monoisotopic (exact) mass is 1950 g/mol. The van der Waals surface area contributed by atoms with Gasteiger partial charge >= 0.3 is 53.7 Å². The van der Waals surface area contributed by atoms with E-state index in [0.29, 0.717) is 84.0 Å². The molecule has 16 saturated carbocycles. The van der Waals surface area contributed by atoms with Crippen molar-refractivity contribution >= 4 is 69.7 Å². The minimum absolute atomic E-state index is 0. The van der Waals surface area contributed by atoms with E-state index in [4.69, 9.17) is 42.6 Å². The number of carbonyl (C=O) groups excluding carboxylic acids is 8. The second kappa shape index (κ2) is 49.2. The van der Waals surface area contributed by atoms with Gasteiger partial charge in [-0.3, -0.25) is 47.9 Å². The molecule has 44 atom stereocenters. The predicted molar refractivity (Wildman–Crippen MR) is 541 cm³/mol. The third kappa shape index (κ3) is 25.3. The van der Waals surface area contributed by atoms with Gasteiger partial charge < -0.3 is 52.8 Å². The lowest BCUT2D eigenvalue weighted by Crippen LogP contribution is -2.44. The van der Waals surface area contributed by atoms with Crippen LogP contribution in [0.25, 0.3) is 0 Å². The van der Waals surface area contributed by atoms with Crippen molar-refractivity contribution in [3.05, 3.63) is 0 Å². The molecule has 0 spiro atoms. The fourth-order valence-corrected chi connectivity index (χ4v) is 31.4. The number of esters is 7. The largest absolute Gasteiger partial charge is 0.481 e. The van der Waals surface area contributed by atoms with Gasteiger partial charge in [-0.1, -0.05) is 172 Å². The Balaban J connectivity index is 0.000000805. The predicted octanol–water partition coefficient (Wildman–Crippen LogP) is 23.7. The Kier molecular flexibility index (Phi) is 46.5. The molecule has 2 saturated heterocycles. The number of aliphatic carboxylic acids is 2. The molecular formula is C111H203NO23S. The number of carboxylic acids is 2. The fraction of sp³-hybridized carbons (Fsp3) is 0.910. The minimum atomic E-state index is -3.41. The van der Waals surface area contributed by atoms with Crippen LogP contribution in [0.5, 0.6) is 0 Å². The quantitative estimate of drug-likeness (QED) is 0.0593. The SMILES string of the molecule is C.C.C.C.C.C.C.C.C.C.C.C.CC1C(C)C2CC1C(C(=O)O)C2C(=O)OC(C)(C)C.CC1C(C)C2CC1C(C(=O)OC1CCOC1=O)C2C(=O)OC(C)(C)C.CC1C(C)C2CC1C1C3CC(C(=O)OC(C)(C)C)C(C3)C21.CC1C(C)C2CC1C1C3CC(C(=O)OC4CCCCO4)C(C3)C21.CC1C2CC(C(=O)NS(C)(=O)=O)C(C2)C1C.CCOC(C)OC(=O)C1C2CC(C(C)C2C)C1C(=O)O. The molecule has 796 valence electrons. The van der Waals surface area contributed by atoms with E-state index >= 15 is 0 Å². The Morgan fingerprint density at radius 2 is 0.706 bits per heavy atom. The number of rotatable bonds is 15. The van der Waals surface area contributed by atoms with Crippen molar-refractivity contribution in [2.75, 3.05) is 26.1 Å². The van der Waals surface area contributed by atoms with Gasteiger partial charge in [0, 0.05) is 25.4 Å². The Hall–Kier alpha value is -5.43. The summed E-state index contributed by atoms with van der Waals surface area (Å²) in [6, 6.07) is 0. The van der Waals surface area contributed by atoms with Crippen molar-refractivity contribution in [3.8, 4) is 0 Å². The highest BCUT2D eigenvalue weighted by atomic mass is 32.2. The van der Waals surface area contributed by atoms with Crippen molar-refractivity contribution in [1.82, 2.24) is 4.72 Å². The third-order valence-corrected chi connectivity index (χ3v) is 37.6. The number of nitrogens with one attached hydrogen (secondary N) is 1. The third-order valence-electron chi connectivity index (χ3n) is 37.0. The normalized spacial score (nSPS) is 42.0. The van der Waals surface area contributed by atoms with E-state index in [1.165, 1.54) is 25.7 Å². The molecule has 136 heavy (non-hydrogen) atoms. The highest BCUT2D eigenvalue weighted by molar-refractivity contribution is 7.89. The standard InChI is InChI=1S/C20H30O3.C19H28O6.C19H30O2.C15H24O5.C15H24O4.C11H19NO3S.12CH4/c1-10-11(2)14-9-13(10)18-12-7-15(19(14)18)16(8-12)20(21)23-17-5-3-4-6-22-17;1-9-10(2)12-8-11(9)14(15(12)18(22)25-19(3,4)5)17(21)24-13-6-7-23-16(13)20;1-9-10(2)13-8-12(9)16-11-6-14(17(13)16)15(7-11)18(20)21-19(3,4)5;1-5-19-9(4)20-15(18)13-11-6-10(7(2)8(11)3)12(13)14(16)17;1-7-8(2)10-6-9(7)11(13(16)17)12(10)14(18)19-15(3,4)5;1-6-7(2)9-4-8(6)5-10(9)11(13)12-16(3,14)15;;;;;;;;;;;;/h10-19H,3-9H2,1-2H3;9-15H,6-8H2,1-5H3;9-17H,6-8H2,1-5H3;7-13H,5-6H2,1-4H3,(H,16,17);7-12H,6H2,1-5H3,(H,16,17);6-10H,4-5H2,1-3H3,(H,12,13);12*1H4. The van der Waals surface area contributed by atoms with Gasteiger partial charge in [-0.2, -0.15) is 0 Å². The van der Waals surface area contributed by atoms with E-state index in [1.54, 1.807) is 6.92 Å². The average molecular weight is 1950 g/mol. The number of carbonyl (C=O) groups is 10. The molecular weight excluding hydrogens is 1750 g/mol. The Bertz CT molecular complexity index is 4040. The van der Waals surface area contributed by atoms with Crippen molar-refractivity contribution in [1.29, 1.82) is 0 Å². The molecule has 16 aliphatic carbocycles. The summed E-state index contributed by atoms with van der Waals surface area (Å²) in [6.45, 7) is 48.9. The molecule has 0 radical (unpaired) electrons. The summed E-state index contributed by atoms with van der Waals surface area (Å²) in [7, 11) is -3.41. The maximum absolute atomic E-state index is 12.8. The first-order chi connectivity index (χ1) is 57.8. The van der Waals surface area contributed by atoms with E-state index in [-0.39, 0.29) is 191 Å². The van der Waals surface area contributed by atoms with Crippen molar-refractivity contribution < 1.29 is 109 Å². The smallest absolute Gasteiger partial charge is 0.347 e. The molecule has 0 aromatic carbocycles. The zero-order valence-electron chi connectivity index (χ0n) is 79.0. The first-order valence-electron chi connectivity index (χ1n) is 48.5. The summed E-state index contributed by atoms with van der Waals surface area (Å²) < 4.78 is 73.0. The number of hydrogen-bond acceptors (Lipinski definition) is 21. The van der Waals surface area contributed by atoms with E-state index in [1.807, 2.05) is 69.2 Å². The minimum Gasteiger partial charge on any atom is -0.481 e. The lowest BCUT2D eigenvalue weighted by molar-refractivity contribution is -0.194. The molecule has 18 rings (SSSR count). The number of carboxylic acid groups (broad SMARTS) is 2. The van der Waals surface area contributed by atoms with E-state index in [9.17, 15) is 66.6 Å². The average Bonchev–Trinajstić information content (AvgIpc) is 1.53. The summed E-state index contributed by atoms with van der Waals surface area (Å²) in [5.41, 5.74) is -1.50. The van der Waals surface area contributed by atoms with Crippen LogP contribution in [0.3, 0.4) is 0 Å². The molecule has 0 aromatic heterocycles. The van der Waals surface area contributed by atoms with Crippen LogP contribution < -0.4 is 4.72 Å². The van der Waals surface area contributed by atoms with Gasteiger partial charge in [0.05, 0.1) is 66.8 Å². The van der Waals surface area contributed by atoms with Crippen LogP contribution in [0.1, 0.15) is 345 Å². The topological polar surface area (TPSA) is 340 Å². The molecule has 18 fully saturated rings. The molecule has 18 aliphatic rings. The highest BCUT2D eigenvalue weighted by Crippen LogP contribution is 2.74. The number of ether oxygens (including phenoxy) is 9. The number of amides is 1. The van der Waals surface area contributed by atoms with E-state index in [2.05, 4.69) is 87.8 Å². The zero-order valence-corrected chi connectivity index (χ0v) is 79.8. The van der Waals surface area contributed by atoms with Crippen molar-refractivity contribution in [2.45, 2.75) is 380 Å². The van der Waals surface area contributed by atoms with Crippen LogP contribution >= 0.6 is 0 Å². The van der Waals surface area contributed by atoms with E-state index < -0.39 is 99.0 Å². The van der Waals surface area contributed by atoms with Gasteiger partial charge in [0.2, 0.25) is 28.3 Å². The first-order valence-corrected chi connectivity index (χ1v) is 50.4. The summed E-state index contributed by atoms with van der Waals surface area (Å²) in [5.74, 6) is 12.1. The summed E-state index contributed by atoms with van der Waals surface area (Å²) >= 11 is 0. The summed E-state index contributed by atoms with van der Waals surface area (Å²) in [5, 5.41) is 18.9. The van der Waals surface area contributed by atoms with Crippen LogP contribution in [0.2, 0.25) is 0 Å². The van der Waals surface area contributed by atoms with Gasteiger partial charge in [-0.15, -0.1) is 0 Å². The first kappa shape index (κ1) is 129. The molecule has 0 aromatic rings. The molecule has 25 heteroatoms. The molecule has 44 unspecified atom stereocenters. The maximum Gasteiger partial charge on any atom is 0.347 e. The van der Waals surface area contributed by atoms with Crippen LogP contribution in [-0.2, 0) is 101 Å². The molecule has 16 bridgehead atoms. The van der Waals surface area contributed by atoms with Crippen LogP contribution in [0, 0.1) is 243 Å². The second-order valence-corrected chi connectivity index (χ2v) is 47.9. The van der Waals surface area contributed by atoms with Gasteiger partial charge in [-0.05, 0) is 349 Å². The molecule has 2 heterocycles. The van der Waals surface area contributed by atoms with Crippen LogP contribution in [0.15, 0.2) is 0 Å². The van der Waals surface area contributed by atoms with Crippen molar-refractivity contribution in [3.63, 3.8) is 0 Å². The fourth-order valence-electron chi connectivity index (χ4n) is 30.9. The Morgan fingerprint density at radius 1 is 0.375 bits per heavy atom. The maximum atomic E-state index is 12.8. The van der Waals surface area contributed by atoms with Gasteiger partial charge in [-0.25, -0.2) is 13.2 Å². The van der Waals surface area contributed by atoms with Gasteiger partial charge in [0.1, 0.15) is 16.8 Å². The highest BCUT2D eigenvalue weighted by Gasteiger charge is 2.70. The molecule has 3 N–H and O–H groups in total. The Labute approximate surface area is 827 Å². The number of cyclic esters (lactones) is 1. The Morgan fingerprint density at radius 3 is 1.05 bits per heavy atom. The van der Waals surface area contributed by atoms with Gasteiger partial charge in [0.15, 0.2) is 6.29 Å². The number of fused-ring (bicyclic) bond motifs is 26. The summed E-state index contributed by atoms with van der Waals surface area (Å²) in [6.07, 6.45) is 15.0.